The topological polar surface area (TPSA) is 84.9 Å². The predicted octanol–water partition coefficient (Wildman–Crippen LogP) is 5.58. The van der Waals surface area contributed by atoms with Crippen LogP contribution in [0.15, 0.2) is 71.6 Å². The van der Waals surface area contributed by atoms with Crippen LogP contribution in [-0.2, 0) is 21.4 Å². The highest BCUT2D eigenvalue weighted by Crippen LogP contribution is 2.26. The van der Waals surface area contributed by atoms with Crippen molar-refractivity contribution in [2.45, 2.75) is 11.4 Å². The van der Waals surface area contributed by atoms with Gasteiger partial charge in [-0.2, -0.15) is 8.42 Å². The number of halogens is 3. The number of hydrogen-bond acceptors (Lipinski definition) is 5. The summed E-state index contributed by atoms with van der Waals surface area (Å²) in [5, 5.41) is 3.45. The van der Waals surface area contributed by atoms with Crippen LogP contribution in [0.1, 0.15) is 5.56 Å². The predicted molar refractivity (Wildman–Crippen MR) is 128 cm³/mol. The van der Waals surface area contributed by atoms with Gasteiger partial charge in [0.15, 0.2) is 0 Å². The first kappa shape index (κ1) is 25.8. The Hall–Kier alpha value is -2.85. The van der Waals surface area contributed by atoms with Crippen molar-refractivity contribution in [1.82, 2.24) is 4.90 Å². The van der Waals surface area contributed by atoms with Gasteiger partial charge in [0.25, 0.3) is 0 Å². The zero-order valence-corrected chi connectivity index (χ0v) is 20.3. The molecule has 3 aromatic carbocycles. The molecule has 3 aromatic rings. The Kier molecular flexibility index (Phi) is 8.73. The molecule has 0 saturated carbocycles. The third kappa shape index (κ3) is 7.07. The van der Waals surface area contributed by atoms with Gasteiger partial charge in [0, 0.05) is 25.2 Å². The summed E-state index contributed by atoms with van der Waals surface area (Å²) in [6, 6.07) is 14.9. The molecule has 0 radical (unpaired) electrons. The van der Waals surface area contributed by atoms with Crippen LogP contribution in [0.2, 0.25) is 10.0 Å². The Bertz CT molecular complexity index is 1260. The summed E-state index contributed by atoms with van der Waals surface area (Å²) in [4.78, 5) is 14.2. The monoisotopic (exact) mass is 526 g/mol. The lowest BCUT2D eigenvalue weighted by atomic mass is 10.2. The second-order valence-corrected chi connectivity index (χ2v) is 9.50. The molecule has 2 amide bonds. The lowest BCUT2D eigenvalue weighted by molar-refractivity contribution is 0.153. The zero-order chi connectivity index (χ0) is 24.7. The SMILES string of the molecule is COCCN(Cc1cccc(OS(=O)(=O)c2ccc(F)cc2)c1)C(=O)Nc1ccc(Cl)cc1Cl. The number of ether oxygens (including phenoxy) is 1. The number of rotatable bonds is 9. The van der Waals surface area contributed by atoms with E-state index in [1.807, 2.05) is 0 Å². The Morgan fingerprint density at radius 1 is 1.06 bits per heavy atom. The molecule has 7 nitrogen and oxygen atoms in total. The fourth-order valence-electron chi connectivity index (χ4n) is 2.93. The summed E-state index contributed by atoms with van der Waals surface area (Å²) in [6.07, 6.45) is 0. The highest BCUT2D eigenvalue weighted by Gasteiger charge is 2.19. The largest absolute Gasteiger partial charge is 0.383 e. The van der Waals surface area contributed by atoms with Crippen molar-refractivity contribution >= 4 is 45.0 Å². The van der Waals surface area contributed by atoms with Crippen LogP contribution in [0, 0.1) is 5.82 Å². The molecule has 0 aromatic heterocycles. The number of carbonyl (C=O) groups is 1. The molecule has 0 fully saturated rings. The van der Waals surface area contributed by atoms with Gasteiger partial charge in [-0.3, -0.25) is 0 Å². The number of hydrogen-bond donors (Lipinski definition) is 1. The van der Waals surface area contributed by atoms with Gasteiger partial charge < -0.3 is 19.1 Å². The lowest BCUT2D eigenvalue weighted by Gasteiger charge is -2.23. The van der Waals surface area contributed by atoms with E-state index in [2.05, 4.69) is 5.32 Å². The second-order valence-electron chi connectivity index (χ2n) is 7.11. The Balaban J connectivity index is 1.76. The maximum atomic E-state index is 13.1. The van der Waals surface area contributed by atoms with Crippen molar-refractivity contribution in [3.63, 3.8) is 0 Å². The van der Waals surface area contributed by atoms with Crippen molar-refractivity contribution in [2.75, 3.05) is 25.6 Å². The lowest BCUT2D eigenvalue weighted by Crippen LogP contribution is -2.36. The first-order chi connectivity index (χ1) is 16.2. The van der Waals surface area contributed by atoms with Crippen molar-refractivity contribution in [1.29, 1.82) is 0 Å². The highest BCUT2D eigenvalue weighted by atomic mass is 35.5. The minimum absolute atomic E-state index is 0.0506. The second kappa shape index (κ2) is 11.5. The molecule has 0 bridgehead atoms. The van der Waals surface area contributed by atoms with E-state index >= 15 is 0 Å². The van der Waals surface area contributed by atoms with Gasteiger partial charge in [-0.15, -0.1) is 0 Å². The van der Waals surface area contributed by atoms with Gasteiger partial charge in [0.05, 0.1) is 17.3 Å². The third-order valence-electron chi connectivity index (χ3n) is 4.61. The molecule has 0 aliphatic rings. The van der Waals surface area contributed by atoms with Crippen LogP contribution in [0.5, 0.6) is 5.75 Å². The molecule has 0 spiro atoms. The van der Waals surface area contributed by atoms with Crippen LogP contribution >= 0.6 is 23.2 Å². The Morgan fingerprint density at radius 3 is 2.47 bits per heavy atom. The Morgan fingerprint density at radius 2 is 1.79 bits per heavy atom. The number of nitrogens with one attached hydrogen (secondary N) is 1. The van der Waals surface area contributed by atoms with E-state index in [-0.39, 0.29) is 35.4 Å². The van der Waals surface area contributed by atoms with Crippen molar-refractivity contribution in [3.8, 4) is 5.75 Å². The van der Waals surface area contributed by atoms with E-state index in [1.165, 1.54) is 30.2 Å². The van der Waals surface area contributed by atoms with Gasteiger partial charge >= 0.3 is 16.1 Å². The first-order valence-corrected chi connectivity index (χ1v) is 12.1. The molecule has 3 rings (SSSR count). The van der Waals surface area contributed by atoms with E-state index in [0.29, 0.717) is 16.3 Å². The number of amides is 2. The van der Waals surface area contributed by atoms with E-state index in [4.69, 9.17) is 32.1 Å². The summed E-state index contributed by atoms with van der Waals surface area (Å²) in [7, 11) is -2.65. The smallest absolute Gasteiger partial charge is 0.339 e. The molecular weight excluding hydrogens is 506 g/mol. The van der Waals surface area contributed by atoms with Crippen LogP contribution in [0.3, 0.4) is 0 Å². The maximum absolute atomic E-state index is 13.1. The quantitative estimate of drug-likeness (QED) is 0.368. The Labute approximate surface area is 207 Å². The van der Waals surface area contributed by atoms with Crippen LogP contribution in [-0.4, -0.2) is 39.6 Å². The van der Waals surface area contributed by atoms with Gasteiger partial charge in [0.2, 0.25) is 0 Å². The van der Waals surface area contributed by atoms with Crippen molar-refractivity contribution < 1.29 is 26.5 Å². The summed E-state index contributed by atoms with van der Waals surface area (Å²) in [6.45, 7) is 0.664. The van der Waals surface area contributed by atoms with Gasteiger partial charge in [-0.25, -0.2) is 9.18 Å². The number of carbonyl (C=O) groups excluding carboxylic acids is 1. The molecule has 0 unspecified atom stereocenters. The molecule has 1 N–H and O–H groups in total. The molecule has 0 aliphatic heterocycles. The average Bonchev–Trinajstić information content (AvgIpc) is 2.78. The average molecular weight is 527 g/mol. The number of urea groups is 1. The van der Waals surface area contributed by atoms with E-state index < -0.39 is 22.0 Å². The number of benzene rings is 3. The number of anilines is 1. The summed E-state index contributed by atoms with van der Waals surface area (Å²) in [5.74, 6) is -0.509. The minimum Gasteiger partial charge on any atom is -0.383 e. The van der Waals surface area contributed by atoms with Crippen molar-refractivity contribution in [3.05, 3.63) is 88.2 Å². The normalized spacial score (nSPS) is 11.2. The van der Waals surface area contributed by atoms with E-state index in [9.17, 15) is 17.6 Å². The zero-order valence-electron chi connectivity index (χ0n) is 18.0. The van der Waals surface area contributed by atoms with Crippen molar-refractivity contribution in [2.24, 2.45) is 0 Å². The minimum atomic E-state index is -4.16. The van der Waals surface area contributed by atoms with Gasteiger partial charge in [-0.1, -0.05) is 35.3 Å². The molecule has 0 aliphatic carbocycles. The molecule has 34 heavy (non-hydrogen) atoms. The fourth-order valence-corrected chi connectivity index (χ4v) is 4.31. The summed E-state index contributed by atoms with van der Waals surface area (Å²) in [5.41, 5.74) is 1.00. The molecular formula is C23H21Cl2FN2O5S. The molecule has 11 heteroatoms. The highest BCUT2D eigenvalue weighted by molar-refractivity contribution is 7.87. The van der Waals surface area contributed by atoms with Gasteiger partial charge in [0.1, 0.15) is 16.5 Å². The van der Waals surface area contributed by atoms with E-state index in [1.54, 1.807) is 24.3 Å². The van der Waals surface area contributed by atoms with Gasteiger partial charge in [-0.05, 0) is 60.2 Å². The number of nitrogens with zero attached hydrogens (tertiary/aromatic N) is 1. The molecule has 0 heterocycles. The molecule has 0 atom stereocenters. The maximum Gasteiger partial charge on any atom is 0.339 e. The standard InChI is InChI=1S/C23H21Cl2FN2O5S/c1-32-12-11-28(23(29)27-22-10-5-17(24)14-21(22)25)15-16-3-2-4-19(13-16)33-34(30,31)20-8-6-18(26)7-9-20/h2-10,13-14H,11-12,15H2,1H3,(H,27,29). The van der Waals surface area contributed by atoms with Crippen LogP contribution in [0.25, 0.3) is 0 Å². The van der Waals surface area contributed by atoms with E-state index in [0.717, 1.165) is 24.3 Å². The summed E-state index contributed by atoms with van der Waals surface area (Å²) < 4.78 is 48.4. The fraction of sp³-hybridized carbons (Fsp3) is 0.174. The van der Waals surface area contributed by atoms with Crippen LogP contribution in [0.4, 0.5) is 14.9 Å². The third-order valence-corrected chi connectivity index (χ3v) is 6.41. The molecule has 0 saturated heterocycles. The molecule has 180 valence electrons. The van der Waals surface area contributed by atoms with Crippen LogP contribution < -0.4 is 9.50 Å². The number of methoxy groups -OCH3 is 1. The first-order valence-electron chi connectivity index (χ1n) is 9.97. The summed E-state index contributed by atoms with van der Waals surface area (Å²) >= 11 is 12.1.